The number of anilines is 1. The van der Waals surface area contributed by atoms with Crippen molar-refractivity contribution in [1.82, 2.24) is 9.97 Å². The highest BCUT2D eigenvalue weighted by molar-refractivity contribution is 7.89. The zero-order chi connectivity index (χ0) is 22.6. The van der Waals surface area contributed by atoms with Crippen LogP contribution in [0.4, 0.5) is 19.1 Å². The van der Waals surface area contributed by atoms with Crippen LogP contribution in [0.1, 0.15) is 16.8 Å². The molecule has 0 fully saturated rings. The number of alkyl halides is 3. The normalized spacial score (nSPS) is 12.0. The van der Waals surface area contributed by atoms with Gasteiger partial charge in [0.1, 0.15) is 0 Å². The molecule has 5 N–H and O–H groups in total. The van der Waals surface area contributed by atoms with Crippen LogP contribution in [0.5, 0.6) is 0 Å². The molecule has 3 aromatic rings. The molecule has 0 spiro atoms. The summed E-state index contributed by atoms with van der Waals surface area (Å²) in [6.45, 7) is 0.578. The molecule has 0 amide bonds. The molecule has 164 valence electrons. The van der Waals surface area contributed by atoms with Crippen LogP contribution in [0, 0.1) is 0 Å². The summed E-state index contributed by atoms with van der Waals surface area (Å²) in [5, 5.41) is 8.14. The fraction of sp³-hybridized carbons (Fsp3) is 0.200. The van der Waals surface area contributed by atoms with E-state index in [0.29, 0.717) is 35.9 Å². The number of halogens is 3. The molecule has 7 nitrogen and oxygen atoms in total. The molecule has 0 bridgehead atoms. The SMILES string of the molecule is NCc1cc(-c2ccc(C(F)(F)F)cc2)nc(NCCc2ccc(S(N)(=O)=O)cc2)n1. The topological polar surface area (TPSA) is 124 Å². The Bertz CT molecular complexity index is 1150. The highest BCUT2D eigenvalue weighted by Crippen LogP contribution is 2.30. The maximum Gasteiger partial charge on any atom is 0.416 e. The Morgan fingerprint density at radius 2 is 1.61 bits per heavy atom. The summed E-state index contributed by atoms with van der Waals surface area (Å²) in [4.78, 5) is 8.69. The van der Waals surface area contributed by atoms with E-state index in [4.69, 9.17) is 10.9 Å². The molecular formula is C20H20F3N5O2S. The Morgan fingerprint density at radius 1 is 0.968 bits per heavy atom. The van der Waals surface area contributed by atoms with Crippen LogP contribution in [0.3, 0.4) is 0 Å². The van der Waals surface area contributed by atoms with Crippen molar-refractivity contribution >= 4 is 16.0 Å². The second-order valence-electron chi connectivity index (χ2n) is 6.71. The first-order chi connectivity index (χ1) is 14.6. The van der Waals surface area contributed by atoms with Crippen LogP contribution >= 0.6 is 0 Å². The third-order valence-electron chi connectivity index (χ3n) is 4.44. The van der Waals surface area contributed by atoms with Crippen molar-refractivity contribution in [1.29, 1.82) is 0 Å². The average molecular weight is 451 g/mol. The van der Waals surface area contributed by atoms with Gasteiger partial charge in [0.25, 0.3) is 0 Å². The molecule has 0 radical (unpaired) electrons. The molecule has 31 heavy (non-hydrogen) atoms. The van der Waals surface area contributed by atoms with E-state index in [2.05, 4.69) is 15.3 Å². The van der Waals surface area contributed by atoms with E-state index in [-0.39, 0.29) is 11.4 Å². The van der Waals surface area contributed by atoms with Crippen LogP contribution in [-0.2, 0) is 29.2 Å². The quantitative estimate of drug-likeness (QED) is 0.507. The van der Waals surface area contributed by atoms with Crippen LogP contribution < -0.4 is 16.2 Å². The van der Waals surface area contributed by atoms with Gasteiger partial charge in [-0.15, -0.1) is 0 Å². The van der Waals surface area contributed by atoms with Gasteiger partial charge in [0.2, 0.25) is 16.0 Å². The summed E-state index contributed by atoms with van der Waals surface area (Å²) in [7, 11) is -3.74. The first-order valence-corrected chi connectivity index (χ1v) is 10.7. The van der Waals surface area contributed by atoms with Gasteiger partial charge in [-0.3, -0.25) is 0 Å². The Morgan fingerprint density at radius 3 is 2.16 bits per heavy atom. The first-order valence-electron chi connectivity index (χ1n) is 9.17. The Labute approximate surface area is 177 Å². The number of aromatic nitrogens is 2. The summed E-state index contributed by atoms with van der Waals surface area (Å²) in [5.41, 5.74) is 7.31. The maximum absolute atomic E-state index is 12.8. The Balaban J connectivity index is 1.72. The number of nitrogens with two attached hydrogens (primary N) is 2. The van der Waals surface area contributed by atoms with Crippen LogP contribution in [0.2, 0.25) is 0 Å². The average Bonchev–Trinajstić information content (AvgIpc) is 2.73. The largest absolute Gasteiger partial charge is 0.416 e. The number of primary sulfonamides is 1. The van der Waals surface area contributed by atoms with Crippen molar-refractivity contribution in [3.63, 3.8) is 0 Å². The van der Waals surface area contributed by atoms with Gasteiger partial charge in [-0.2, -0.15) is 13.2 Å². The molecule has 0 atom stereocenters. The molecule has 1 heterocycles. The number of nitrogens with one attached hydrogen (secondary N) is 1. The second-order valence-corrected chi connectivity index (χ2v) is 8.27. The Hall–Kier alpha value is -3.02. The number of hydrogen-bond donors (Lipinski definition) is 3. The van der Waals surface area contributed by atoms with Gasteiger partial charge in [-0.1, -0.05) is 24.3 Å². The van der Waals surface area contributed by atoms with E-state index in [9.17, 15) is 21.6 Å². The summed E-state index contributed by atoms with van der Waals surface area (Å²) >= 11 is 0. The van der Waals surface area contributed by atoms with E-state index in [1.165, 1.54) is 24.3 Å². The lowest BCUT2D eigenvalue weighted by molar-refractivity contribution is -0.137. The number of nitrogens with zero attached hydrogens (tertiary/aromatic N) is 2. The molecule has 11 heteroatoms. The van der Waals surface area contributed by atoms with Gasteiger partial charge >= 0.3 is 6.18 Å². The maximum atomic E-state index is 12.8. The number of hydrogen-bond acceptors (Lipinski definition) is 6. The molecule has 3 rings (SSSR count). The molecule has 0 aliphatic rings. The second kappa shape index (κ2) is 9.00. The van der Waals surface area contributed by atoms with Gasteiger partial charge in [0.05, 0.1) is 21.8 Å². The van der Waals surface area contributed by atoms with Crippen LogP contribution in [0.25, 0.3) is 11.3 Å². The molecule has 2 aromatic carbocycles. The molecule has 1 aromatic heterocycles. The molecule has 0 unspecified atom stereocenters. The number of benzene rings is 2. The van der Waals surface area contributed by atoms with Crippen molar-refractivity contribution in [2.45, 2.75) is 24.0 Å². The van der Waals surface area contributed by atoms with E-state index in [0.717, 1.165) is 17.7 Å². The lowest BCUT2D eigenvalue weighted by Crippen LogP contribution is -2.13. The van der Waals surface area contributed by atoms with Crippen molar-refractivity contribution in [3.8, 4) is 11.3 Å². The molecule has 0 aliphatic heterocycles. The smallest absolute Gasteiger partial charge is 0.354 e. The van der Waals surface area contributed by atoms with E-state index < -0.39 is 21.8 Å². The van der Waals surface area contributed by atoms with Gasteiger partial charge in [-0.05, 0) is 42.3 Å². The van der Waals surface area contributed by atoms with Crippen molar-refractivity contribution < 1.29 is 21.6 Å². The third kappa shape index (κ3) is 6.00. The minimum Gasteiger partial charge on any atom is -0.354 e. The number of rotatable bonds is 7. The summed E-state index contributed by atoms with van der Waals surface area (Å²) in [6.07, 6.45) is -3.86. The summed E-state index contributed by atoms with van der Waals surface area (Å²) in [5.74, 6) is 0.291. The van der Waals surface area contributed by atoms with E-state index in [1.807, 2.05) is 0 Å². The highest BCUT2D eigenvalue weighted by Gasteiger charge is 2.30. The van der Waals surface area contributed by atoms with Gasteiger partial charge in [0, 0.05) is 18.7 Å². The van der Waals surface area contributed by atoms with E-state index in [1.54, 1.807) is 18.2 Å². The first kappa shape index (κ1) is 22.7. The minimum atomic E-state index is -4.41. The molecule has 0 saturated heterocycles. The third-order valence-corrected chi connectivity index (χ3v) is 5.37. The van der Waals surface area contributed by atoms with Gasteiger partial charge in [-0.25, -0.2) is 23.5 Å². The highest BCUT2D eigenvalue weighted by atomic mass is 32.2. The van der Waals surface area contributed by atoms with Crippen molar-refractivity contribution in [3.05, 3.63) is 71.4 Å². The van der Waals surface area contributed by atoms with Gasteiger partial charge in [0.15, 0.2) is 0 Å². The fourth-order valence-corrected chi connectivity index (χ4v) is 3.34. The van der Waals surface area contributed by atoms with Crippen molar-refractivity contribution in [2.24, 2.45) is 10.9 Å². The fourth-order valence-electron chi connectivity index (χ4n) is 2.82. The standard InChI is InChI=1S/C20H20F3N5O2S/c21-20(22,23)15-5-3-14(4-6-15)18-11-16(12-24)27-19(28-18)26-10-9-13-1-7-17(8-2-13)31(25,29)30/h1-8,11H,9-10,12,24H2,(H2,25,29,30)(H,26,27,28). The monoisotopic (exact) mass is 451 g/mol. The van der Waals surface area contributed by atoms with Crippen LogP contribution in [-0.4, -0.2) is 24.9 Å². The predicted octanol–water partition coefficient (Wildman–Crippen LogP) is 2.92. The lowest BCUT2D eigenvalue weighted by Gasteiger charge is -2.11. The molecule has 0 aliphatic carbocycles. The van der Waals surface area contributed by atoms with Gasteiger partial charge < -0.3 is 11.1 Å². The minimum absolute atomic E-state index is 0.0318. The van der Waals surface area contributed by atoms with E-state index >= 15 is 0 Å². The predicted molar refractivity (Wildman–Crippen MR) is 110 cm³/mol. The van der Waals surface area contributed by atoms with Crippen molar-refractivity contribution in [2.75, 3.05) is 11.9 Å². The molecule has 0 saturated carbocycles. The summed E-state index contributed by atoms with van der Waals surface area (Å²) < 4.78 is 60.9. The number of sulfonamides is 1. The zero-order valence-electron chi connectivity index (χ0n) is 16.2. The zero-order valence-corrected chi connectivity index (χ0v) is 17.0. The molecular weight excluding hydrogens is 431 g/mol. The lowest BCUT2D eigenvalue weighted by atomic mass is 10.1. The van der Waals surface area contributed by atoms with Crippen LogP contribution in [0.15, 0.2) is 59.5 Å². The summed E-state index contributed by atoms with van der Waals surface area (Å²) in [6, 6.07) is 12.5. The Kier molecular flexibility index (Phi) is 6.58.